The zero-order valence-electron chi connectivity index (χ0n) is 40.8. The number of rotatable bonds is 19. The molecule has 0 saturated heterocycles. The molecule has 0 spiro atoms. The summed E-state index contributed by atoms with van der Waals surface area (Å²) in [5.41, 5.74) is 19.2. The summed E-state index contributed by atoms with van der Waals surface area (Å²) in [5, 5.41) is 9.84. The Kier molecular flexibility index (Phi) is 17.9. The maximum atomic E-state index is 5.19. The summed E-state index contributed by atoms with van der Waals surface area (Å²) >= 11 is 0. The Balaban J connectivity index is 1.38. The van der Waals surface area contributed by atoms with Crippen molar-refractivity contribution in [3.63, 3.8) is 0 Å². The van der Waals surface area contributed by atoms with Crippen molar-refractivity contribution in [1.82, 2.24) is 25.9 Å². The molecule has 0 unspecified atom stereocenters. The largest absolute Gasteiger partial charge is 0.388 e. The summed E-state index contributed by atoms with van der Waals surface area (Å²) in [5.74, 6) is 0.670. The second kappa shape index (κ2) is 24.6. The molecule has 6 rings (SSSR count). The van der Waals surface area contributed by atoms with E-state index in [1.165, 1.54) is 22.3 Å². The highest BCUT2D eigenvalue weighted by Crippen LogP contribution is 2.33. The van der Waals surface area contributed by atoms with Crippen molar-refractivity contribution in [1.29, 1.82) is 0 Å². The minimum absolute atomic E-state index is 0.0357. The molecule has 4 aromatic carbocycles. The molecule has 5 heteroatoms. The standard InChI is InChI=1S/C63H65N5/c1-11-15-22-47(14-4)63-67-61(43-62(68-63)57-30-19-29-56(40-57)55-28-18-27-54(39-55)53-26-16-23-48(37-53)44(5)33-34-64-8)46(7)36-50(20-12-2)52-25-17-24-49(38-52)45(6)35-51(21-13-3)58-41-59(65-9)31-32-60(42-58)66-10/h11-33,35-43,58,64-66H,1-3,34H2,4-10H3/b22-15-,44-33+,45-35+,46-36+,47-14+,50-20+,51-21+. The molecule has 0 amide bonds. The normalized spacial score (nSPS) is 14.3. The molecule has 1 aliphatic carbocycles. The van der Waals surface area contributed by atoms with Crippen LogP contribution >= 0.6 is 0 Å². The molecule has 1 heterocycles. The third-order valence-corrected chi connectivity index (χ3v) is 11.9. The van der Waals surface area contributed by atoms with E-state index in [-0.39, 0.29) is 5.92 Å². The Labute approximate surface area is 406 Å². The first-order valence-corrected chi connectivity index (χ1v) is 23.2. The fraction of sp³-hybridized carbons (Fsp3) is 0.143. The average Bonchev–Trinajstić information content (AvgIpc) is 3.60. The Hall–Kier alpha value is -7.86. The lowest BCUT2D eigenvalue weighted by Gasteiger charge is -2.14. The van der Waals surface area contributed by atoms with Crippen LogP contribution in [0.5, 0.6) is 0 Å². The number of benzene rings is 4. The van der Waals surface area contributed by atoms with Crippen LogP contribution in [0.15, 0.2) is 231 Å². The maximum Gasteiger partial charge on any atom is 0.160 e. The molecular weight excluding hydrogens is 827 g/mol. The molecule has 0 bridgehead atoms. The van der Waals surface area contributed by atoms with Crippen LogP contribution in [0.4, 0.5) is 0 Å². The molecule has 68 heavy (non-hydrogen) atoms. The average molecular weight is 892 g/mol. The smallest absolute Gasteiger partial charge is 0.160 e. The van der Waals surface area contributed by atoms with E-state index in [4.69, 9.17) is 9.97 Å². The fourth-order valence-corrected chi connectivity index (χ4v) is 8.03. The van der Waals surface area contributed by atoms with E-state index in [0.717, 1.165) is 85.0 Å². The SMILES string of the molecule is C=C/C=C\C(=C/C)c1nc(/C(C)=C/C(=C\C=C)c2cccc(/C(C)=C/C(=C\C=C)C3C=C(NC)C=CC(NC)=C3)c2)cc(-c2cccc(-c3cccc(-c4cccc(/C(C)=C/CNC)c4)c3)c2)n1. The van der Waals surface area contributed by atoms with Crippen molar-refractivity contribution in [3.8, 4) is 33.5 Å². The van der Waals surface area contributed by atoms with Crippen LogP contribution in [0.3, 0.4) is 0 Å². The van der Waals surface area contributed by atoms with Gasteiger partial charge in [0.2, 0.25) is 0 Å². The van der Waals surface area contributed by atoms with Crippen LogP contribution in [0.25, 0.3) is 61.4 Å². The van der Waals surface area contributed by atoms with Gasteiger partial charge in [-0.2, -0.15) is 0 Å². The van der Waals surface area contributed by atoms with Crippen LogP contribution in [0.1, 0.15) is 55.9 Å². The summed E-state index contributed by atoms with van der Waals surface area (Å²) in [6.07, 6.45) is 30.9. The molecule has 1 aliphatic rings. The van der Waals surface area contributed by atoms with Crippen LogP contribution in [0, 0.1) is 5.92 Å². The van der Waals surface area contributed by atoms with E-state index in [1.54, 1.807) is 6.08 Å². The van der Waals surface area contributed by atoms with Gasteiger partial charge in [-0.05, 0) is 162 Å². The van der Waals surface area contributed by atoms with Gasteiger partial charge in [-0.25, -0.2) is 9.97 Å². The minimum Gasteiger partial charge on any atom is -0.388 e. The zero-order chi connectivity index (χ0) is 48.4. The highest BCUT2D eigenvalue weighted by molar-refractivity contribution is 5.86. The van der Waals surface area contributed by atoms with Gasteiger partial charge in [0.15, 0.2) is 5.82 Å². The van der Waals surface area contributed by atoms with Gasteiger partial charge in [0.25, 0.3) is 0 Å². The summed E-state index contributed by atoms with van der Waals surface area (Å²) < 4.78 is 0. The number of allylic oxidation sites excluding steroid dienone is 20. The molecule has 0 radical (unpaired) electrons. The Morgan fingerprint density at radius 1 is 0.588 bits per heavy atom. The topological polar surface area (TPSA) is 61.9 Å². The zero-order valence-corrected chi connectivity index (χ0v) is 40.8. The van der Waals surface area contributed by atoms with Gasteiger partial charge in [0.05, 0.1) is 11.4 Å². The molecule has 342 valence electrons. The number of nitrogens with zero attached hydrogens (tertiary/aromatic N) is 2. The van der Waals surface area contributed by atoms with Crippen molar-refractivity contribution >= 4 is 27.9 Å². The molecule has 1 aromatic heterocycles. The third kappa shape index (κ3) is 12.9. The van der Waals surface area contributed by atoms with Gasteiger partial charge in [-0.1, -0.05) is 153 Å². The van der Waals surface area contributed by atoms with Gasteiger partial charge in [0.1, 0.15) is 0 Å². The number of aromatic nitrogens is 2. The predicted molar refractivity (Wildman–Crippen MR) is 296 cm³/mol. The minimum atomic E-state index is 0.0357. The lowest BCUT2D eigenvalue weighted by molar-refractivity contribution is 0.920. The monoisotopic (exact) mass is 892 g/mol. The Morgan fingerprint density at radius 2 is 1.16 bits per heavy atom. The number of hydrogen-bond acceptors (Lipinski definition) is 5. The third-order valence-electron chi connectivity index (χ3n) is 11.9. The van der Waals surface area contributed by atoms with Crippen molar-refractivity contribution in [2.24, 2.45) is 5.92 Å². The van der Waals surface area contributed by atoms with Crippen molar-refractivity contribution in [3.05, 3.63) is 259 Å². The highest BCUT2D eigenvalue weighted by atomic mass is 14.9. The van der Waals surface area contributed by atoms with E-state index >= 15 is 0 Å². The molecular formula is C63H65N5. The van der Waals surface area contributed by atoms with Gasteiger partial charge < -0.3 is 16.0 Å². The summed E-state index contributed by atoms with van der Waals surface area (Å²) in [6.45, 7) is 21.3. The van der Waals surface area contributed by atoms with Crippen molar-refractivity contribution < 1.29 is 0 Å². The van der Waals surface area contributed by atoms with E-state index in [1.807, 2.05) is 58.4 Å². The molecule has 0 aliphatic heterocycles. The summed E-state index contributed by atoms with van der Waals surface area (Å²) in [6, 6.07) is 36.9. The number of likely N-dealkylation sites (N-methyl/N-ethyl adjacent to an activating group) is 3. The lowest BCUT2D eigenvalue weighted by atomic mass is 9.92. The van der Waals surface area contributed by atoms with Crippen molar-refractivity contribution in [2.45, 2.75) is 27.7 Å². The summed E-state index contributed by atoms with van der Waals surface area (Å²) in [7, 11) is 5.86. The quantitative estimate of drug-likeness (QED) is 0.0721. The van der Waals surface area contributed by atoms with E-state index < -0.39 is 0 Å². The van der Waals surface area contributed by atoms with Gasteiger partial charge in [0, 0.05) is 49.1 Å². The van der Waals surface area contributed by atoms with E-state index in [2.05, 4.69) is 214 Å². The molecule has 5 aromatic rings. The molecule has 0 atom stereocenters. The summed E-state index contributed by atoms with van der Waals surface area (Å²) in [4.78, 5) is 10.4. The molecule has 0 saturated carbocycles. The fourth-order valence-electron chi connectivity index (χ4n) is 8.03. The van der Waals surface area contributed by atoms with E-state index in [9.17, 15) is 0 Å². The Morgan fingerprint density at radius 3 is 1.76 bits per heavy atom. The lowest BCUT2D eigenvalue weighted by Crippen LogP contribution is -2.07. The molecule has 3 N–H and O–H groups in total. The van der Waals surface area contributed by atoms with Crippen molar-refractivity contribution in [2.75, 3.05) is 27.7 Å². The van der Waals surface area contributed by atoms with Crippen LogP contribution in [-0.4, -0.2) is 37.7 Å². The van der Waals surface area contributed by atoms with Crippen LogP contribution < -0.4 is 16.0 Å². The van der Waals surface area contributed by atoms with Crippen LogP contribution in [0.2, 0.25) is 0 Å². The molecule has 5 nitrogen and oxygen atoms in total. The Bertz CT molecular complexity index is 2950. The second-order valence-electron chi connectivity index (χ2n) is 16.6. The number of hydrogen-bond donors (Lipinski definition) is 3. The second-order valence-corrected chi connectivity index (χ2v) is 16.6. The number of nitrogens with one attached hydrogen (secondary N) is 3. The highest BCUT2D eigenvalue weighted by Gasteiger charge is 2.15. The van der Waals surface area contributed by atoms with Gasteiger partial charge in [-0.15, -0.1) is 0 Å². The van der Waals surface area contributed by atoms with E-state index in [0.29, 0.717) is 5.82 Å². The van der Waals surface area contributed by atoms with Gasteiger partial charge in [-0.3, -0.25) is 0 Å². The first kappa shape index (κ1) is 49.6. The van der Waals surface area contributed by atoms with Crippen LogP contribution in [-0.2, 0) is 0 Å². The predicted octanol–water partition coefficient (Wildman–Crippen LogP) is 14.8. The maximum absolute atomic E-state index is 5.19. The van der Waals surface area contributed by atoms with Gasteiger partial charge >= 0.3 is 0 Å². The first-order valence-electron chi connectivity index (χ1n) is 23.2. The first-order chi connectivity index (χ1) is 33.1. The molecule has 0 fully saturated rings.